The van der Waals surface area contributed by atoms with Crippen LogP contribution >= 0.6 is 0 Å². The van der Waals surface area contributed by atoms with Crippen LogP contribution in [-0.4, -0.2) is 114 Å². The molecule has 0 fully saturated rings. The third kappa shape index (κ3) is 14.6. The molecular formula is C10H20N4Na2O8S. The summed E-state index contributed by atoms with van der Waals surface area (Å²) in [6.07, 6.45) is -1.59. The Morgan fingerprint density at radius 2 is 1.08 bits per heavy atom. The molecule has 2 atom stereocenters. The SMILES string of the molecule is NC(=O)CC[C@H](NS(=O)(=O)N[C@@H](CCC(N)=O)C(=O)O)C(=O)O.[NaH].[NaH]. The molecule has 8 N–H and O–H groups in total. The van der Waals surface area contributed by atoms with Gasteiger partial charge in [-0.2, -0.15) is 17.9 Å². The number of hydrogen-bond donors (Lipinski definition) is 6. The minimum atomic E-state index is -4.53. The summed E-state index contributed by atoms with van der Waals surface area (Å²) in [5.41, 5.74) is 9.69. The number of aliphatic carboxylic acids is 2. The fraction of sp³-hybridized carbons (Fsp3) is 0.600. The number of nitrogens with two attached hydrogens (primary N) is 2. The first-order chi connectivity index (χ1) is 10.4. The van der Waals surface area contributed by atoms with E-state index in [2.05, 4.69) is 0 Å². The van der Waals surface area contributed by atoms with Crippen LogP contribution in [0.2, 0.25) is 0 Å². The summed E-state index contributed by atoms with van der Waals surface area (Å²) < 4.78 is 26.9. The van der Waals surface area contributed by atoms with Gasteiger partial charge in [0.2, 0.25) is 11.8 Å². The van der Waals surface area contributed by atoms with Crippen molar-refractivity contribution in [2.24, 2.45) is 11.5 Å². The van der Waals surface area contributed by atoms with Crippen LogP contribution in [0.1, 0.15) is 25.7 Å². The molecule has 0 unspecified atom stereocenters. The summed E-state index contributed by atoms with van der Waals surface area (Å²) in [5.74, 6) is -4.79. The summed E-state index contributed by atoms with van der Waals surface area (Å²) >= 11 is 0. The summed E-state index contributed by atoms with van der Waals surface area (Å²) in [4.78, 5) is 43.1. The number of carboxylic acids is 2. The Labute approximate surface area is 188 Å². The third-order valence-electron chi connectivity index (χ3n) is 2.55. The molecule has 0 aromatic carbocycles. The van der Waals surface area contributed by atoms with Crippen LogP contribution in [0.25, 0.3) is 0 Å². The van der Waals surface area contributed by atoms with Crippen LogP contribution in [-0.2, 0) is 29.4 Å². The summed E-state index contributed by atoms with van der Waals surface area (Å²) in [6.45, 7) is 0. The standard InChI is InChI=1S/C10H18N4O8S.2Na.2H/c11-7(15)3-1-5(9(17)18)13-23(21,22)14-6(10(19)20)2-4-8(12)16;;;;/h5-6,13-14H,1-4H2,(H2,11,15)(H2,12,16)(H,17,18)(H,19,20);;;;/t5-,6-;;;;/m0..../s1. The van der Waals surface area contributed by atoms with E-state index in [1.807, 2.05) is 0 Å². The fourth-order valence-electron chi connectivity index (χ4n) is 1.45. The number of rotatable bonds is 12. The van der Waals surface area contributed by atoms with E-state index >= 15 is 0 Å². The molecule has 0 aliphatic heterocycles. The molecule has 25 heavy (non-hydrogen) atoms. The number of hydrogen-bond acceptors (Lipinski definition) is 6. The quantitative estimate of drug-likeness (QED) is 0.174. The van der Waals surface area contributed by atoms with Crippen LogP contribution in [0.3, 0.4) is 0 Å². The Hall–Kier alpha value is -0.250. The summed E-state index contributed by atoms with van der Waals surface area (Å²) in [5, 5.41) is 17.8. The number of nitrogens with one attached hydrogen (secondary N) is 2. The normalized spacial score (nSPS) is 12.8. The molecule has 0 radical (unpaired) electrons. The molecule has 0 rings (SSSR count). The maximum absolute atomic E-state index is 11.8. The number of carboxylic acid groups (broad SMARTS) is 2. The van der Waals surface area contributed by atoms with Crippen molar-refractivity contribution in [3.63, 3.8) is 0 Å². The topological polar surface area (TPSA) is 219 Å². The van der Waals surface area contributed by atoms with Crippen LogP contribution < -0.4 is 20.9 Å². The average molecular weight is 402 g/mol. The first-order valence-corrected chi connectivity index (χ1v) is 7.74. The van der Waals surface area contributed by atoms with E-state index in [1.165, 1.54) is 0 Å². The molecule has 15 heteroatoms. The molecule has 0 aliphatic carbocycles. The van der Waals surface area contributed by atoms with Crippen molar-refractivity contribution in [3.8, 4) is 0 Å². The second kappa shape index (κ2) is 13.9. The number of carbonyl (C=O) groups excluding carboxylic acids is 2. The van der Waals surface area contributed by atoms with Crippen LogP contribution in [0.15, 0.2) is 0 Å². The monoisotopic (exact) mass is 402 g/mol. The number of primary amides is 2. The van der Waals surface area contributed by atoms with E-state index in [4.69, 9.17) is 21.7 Å². The van der Waals surface area contributed by atoms with Crippen molar-refractivity contribution in [1.82, 2.24) is 9.44 Å². The van der Waals surface area contributed by atoms with E-state index in [0.29, 0.717) is 0 Å². The van der Waals surface area contributed by atoms with Gasteiger partial charge < -0.3 is 21.7 Å². The van der Waals surface area contributed by atoms with E-state index in [9.17, 15) is 27.6 Å². The molecule has 2 amide bonds. The van der Waals surface area contributed by atoms with Crippen molar-refractivity contribution in [2.75, 3.05) is 0 Å². The molecule has 0 aromatic rings. The van der Waals surface area contributed by atoms with Gasteiger partial charge in [0.15, 0.2) is 0 Å². The summed E-state index contributed by atoms with van der Waals surface area (Å²) in [6, 6.07) is -3.35. The molecule has 0 heterocycles. The zero-order valence-electron chi connectivity index (χ0n) is 11.9. The van der Waals surface area contributed by atoms with E-state index < -0.39 is 58.9 Å². The van der Waals surface area contributed by atoms with Crippen LogP contribution in [0, 0.1) is 0 Å². The van der Waals surface area contributed by atoms with Gasteiger partial charge in [-0.3, -0.25) is 19.2 Å². The van der Waals surface area contributed by atoms with Gasteiger partial charge in [-0.15, -0.1) is 0 Å². The van der Waals surface area contributed by atoms with Crippen LogP contribution in [0.5, 0.6) is 0 Å². The Balaban J connectivity index is -0.00000242. The van der Waals surface area contributed by atoms with Crippen molar-refractivity contribution in [1.29, 1.82) is 0 Å². The maximum atomic E-state index is 11.8. The predicted molar refractivity (Wildman–Crippen MR) is 89.2 cm³/mol. The Morgan fingerprint density at radius 1 is 0.800 bits per heavy atom. The van der Waals surface area contributed by atoms with E-state index in [0.717, 1.165) is 0 Å². The second-order valence-electron chi connectivity index (χ2n) is 4.53. The van der Waals surface area contributed by atoms with Crippen LogP contribution in [0.4, 0.5) is 0 Å². The predicted octanol–water partition coefficient (Wildman–Crippen LogP) is -4.45. The molecule has 0 aromatic heterocycles. The molecule has 12 nitrogen and oxygen atoms in total. The Bertz CT molecular complexity index is 541. The molecule has 0 saturated carbocycles. The number of amides is 2. The van der Waals surface area contributed by atoms with Gasteiger partial charge in [-0.05, 0) is 12.8 Å². The zero-order valence-corrected chi connectivity index (χ0v) is 12.7. The molecule has 0 saturated heterocycles. The first kappa shape index (κ1) is 29.5. The molecule has 136 valence electrons. The van der Waals surface area contributed by atoms with Gasteiger partial charge in [0, 0.05) is 12.8 Å². The van der Waals surface area contributed by atoms with E-state index in [-0.39, 0.29) is 72.0 Å². The Morgan fingerprint density at radius 3 is 1.28 bits per heavy atom. The molecule has 0 bridgehead atoms. The van der Waals surface area contributed by atoms with Gasteiger partial charge in [0.1, 0.15) is 12.1 Å². The minimum absolute atomic E-state index is 0. The van der Waals surface area contributed by atoms with Crippen molar-refractivity contribution >= 4 is 93.1 Å². The average Bonchev–Trinajstić information content (AvgIpc) is 2.38. The molecule has 0 aliphatic rings. The second-order valence-corrected chi connectivity index (χ2v) is 6.01. The molecular weight excluding hydrogens is 382 g/mol. The van der Waals surface area contributed by atoms with Gasteiger partial charge >= 0.3 is 71.1 Å². The Kier molecular flexibility index (Phi) is 16.4. The third-order valence-corrected chi connectivity index (χ3v) is 3.74. The molecule has 0 spiro atoms. The summed E-state index contributed by atoms with van der Waals surface area (Å²) in [7, 11) is -4.53. The number of carbonyl (C=O) groups is 4. The van der Waals surface area contributed by atoms with Crippen molar-refractivity contribution in [3.05, 3.63) is 0 Å². The van der Waals surface area contributed by atoms with Gasteiger partial charge in [0.05, 0.1) is 0 Å². The first-order valence-electron chi connectivity index (χ1n) is 6.26. The van der Waals surface area contributed by atoms with Gasteiger partial charge in [-0.1, -0.05) is 0 Å². The zero-order chi connectivity index (χ0) is 18.2. The van der Waals surface area contributed by atoms with Gasteiger partial charge in [-0.25, -0.2) is 0 Å². The van der Waals surface area contributed by atoms with Crippen molar-refractivity contribution < 1.29 is 37.8 Å². The van der Waals surface area contributed by atoms with E-state index in [1.54, 1.807) is 9.44 Å². The fourth-order valence-corrected chi connectivity index (χ4v) is 2.70. The van der Waals surface area contributed by atoms with Crippen molar-refractivity contribution in [2.45, 2.75) is 37.8 Å². The van der Waals surface area contributed by atoms with Gasteiger partial charge in [0.25, 0.3) is 10.2 Å².